The Balaban J connectivity index is 2.08. The maximum Gasteiger partial charge on any atom is 0.219 e. The SMILES string of the molecule is CSc1ccc(Oc2ccc(CO)cn2)cc1. The van der Waals surface area contributed by atoms with Crippen molar-refractivity contribution in [3.63, 3.8) is 0 Å². The van der Waals surface area contributed by atoms with Crippen LogP contribution >= 0.6 is 11.8 Å². The molecule has 0 radical (unpaired) electrons. The molecule has 0 aliphatic carbocycles. The number of aliphatic hydroxyl groups excluding tert-OH is 1. The molecular formula is C13H13NO2S. The van der Waals surface area contributed by atoms with Crippen LogP contribution in [0.15, 0.2) is 47.5 Å². The minimum atomic E-state index is -0.00427. The van der Waals surface area contributed by atoms with Crippen LogP contribution in [-0.4, -0.2) is 16.3 Å². The van der Waals surface area contributed by atoms with Crippen molar-refractivity contribution in [2.75, 3.05) is 6.26 Å². The van der Waals surface area contributed by atoms with Crippen LogP contribution in [0.2, 0.25) is 0 Å². The van der Waals surface area contributed by atoms with Crippen molar-refractivity contribution in [3.05, 3.63) is 48.2 Å². The summed E-state index contributed by atoms with van der Waals surface area (Å²) in [6.07, 6.45) is 3.64. The van der Waals surface area contributed by atoms with Gasteiger partial charge in [-0.15, -0.1) is 11.8 Å². The van der Waals surface area contributed by atoms with E-state index in [0.717, 1.165) is 11.3 Å². The third kappa shape index (κ3) is 3.22. The fourth-order valence-corrected chi connectivity index (χ4v) is 1.74. The van der Waals surface area contributed by atoms with Gasteiger partial charge >= 0.3 is 0 Å². The van der Waals surface area contributed by atoms with Gasteiger partial charge in [0.15, 0.2) is 0 Å². The van der Waals surface area contributed by atoms with E-state index in [9.17, 15) is 0 Å². The fourth-order valence-electron chi connectivity index (χ4n) is 1.33. The van der Waals surface area contributed by atoms with Crippen molar-refractivity contribution in [1.29, 1.82) is 0 Å². The summed E-state index contributed by atoms with van der Waals surface area (Å²) in [6, 6.07) is 11.4. The molecule has 4 heteroatoms. The van der Waals surface area contributed by atoms with E-state index in [4.69, 9.17) is 9.84 Å². The van der Waals surface area contributed by atoms with E-state index >= 15 is 0 Å². The Hall–Kier alpha value is -1.52. The van der Waals surface area contributed by atoms with Crippen molar-refractivity contribution in [1.82, 2.24) is 4.98 Å². The van der Waals surface area contributed by atoms with Crippen molar-refractivity contribution in [2.45, 2.75) is 11.5 Å². The Bertz CT molecular complexity index is 422. The number of thioether (sulfide) groups is 1. The van der Waals surface area contributed by atoms with Crippen LogP contribution in [0.3, 0.4) is 0 Å². The van der Waals surface area contributed by atoms with E-state index in [1.54, 1.807) is 30.1 Å². The third-order valence-corrected chi connectivity index (χ3v) is 3.01. The van der Waals surface area contributed by atoms with Crippen molar-refractivity contribution in [3.8, 4) is 11.6 Å². The van der Waals surface area contributed by atoms with Crippen LogP contribution in [0.4, 0.5) is 0 Å². The molecule has 0 aliphatic rings. The summed E-state index contributed by atoms with van der Waals surface area (Å²) in [7, 11) is 0. The van der Waals surface area contributed by atoms with E-state index in [-0.39, 0.29) is 6.61 Å². The van der Waals surface area contributed by atoms with Gasteiger partial charge in [0.2, 0.25) is 5.88 Å². The predicted molar refractivity (Wildman–Crippen MR) is 68.5 cm³/mol. The highest BCUT2D eigenvalue weighted by molar-refractivity contribution is 7.98. The molecule has 1 aromatic carbocycles. The second-order valence-electron chi connectivity index (χ2n) is 3.44. The van der Waals surface area contributed by atoms with Gasteiger partial charge in [0.25, 0.3) is 0 Å². The lowest BCUT2D eigenvalue weighted by atomic mass is 10.3. The lowest BCUT2D eigenvalue weighted by Gasteiger charge is -2.05. The van der Waals surface area contributed by atoms with Gasteiger partial charge in [0, 0.05) is 17.2 Å². The summed E-state index contributed by atoms with van der Waals surface area (Å²) >= 11 is 1.69. The molecule has 1 heterocycles. The van der Waals surface area contributed by atoms with E-state index in [0.29, 0.717) is 5.88 Å². The third-order valence-electron chi connectivity index (χ3n) is 2.26. The Kier molecular flexibility index (Phi) is 4.01. The van der Waals surface area contributed by atoms with Gasteiger partial charge in [-0.1, -0.05) is 0 Å². The van der Waals surface area contributed by atoms with E-state index in [1.165, 1.54) is 4.90 Å². The molecule has 0 saturated heterocycles. The van der Waals surface area contributed by atoms with Gasteiger partial charge < -0.3 is 9.84 Å². The summed E-state index contributed by atoms with van der Waals surface area (Å²) in [5, 5.41) is 8.89. The van der Waals surface area contributed by atoms with E-state index in [2.05, 4.69) is 4.98 Å². The van der Waals surface area contributed by atoms with Gasteiger partial charge in [-0.2, -0.15) is 0 Å². The number of hydrogen-bond acceptors (Lipinski definition) is 4. The lowest BCUT2D eigenvalue weighted by Crippen LogP contribution is -1.89. The second kappa shape index (κ2) is 5.70. The number of ether oxygens (including phenoxy) is 1. The van der Waals surface area contributed by atoms with Crippen molar-refractivity contribution >= 4 is 11.8 Å². The summed E-state index contributed by atoms with van der Waals surface area (Å²) < 4.78 is 5.58. The molecule has 0 bridgehead atoms. The van der Waals surface area contributed by atoms with Gasteiger partial charge in [-0.05, 0) is 42.2 Å². The number of nitrogens with zero attached hydrogens (tertiary/aromatic N) is 1. The van der Waals surface area contributed by atoms with Gasteiger partial charge in [-0.25, -0.2) is 4.98 Å². The van der Waals surface area contributed by atoms with Crippen LogP contribution < -0.4 is 4.74 Å². The molecule has 1 N–H and O–H groups in total. The Morgan fingerprint density at radius 2 is 1.94 bits per heavy atom. The zero-order valence-electron chi connectivity index (χ0n) is 9.46. The van der Waals surface area contributed by atoms with Crippen LogP contribution in [0, 0.1) is 0 Å². The first-order valence-electron chi connectivity index (χ1n) is 5.19. The number of rotatable bonds is 4. The van der Waals surface area contributed by atoms with E-state index < -0.39 is 0 Å². The molecule has 0 atom stereocenters. The van der Waals surface area contributed by atoms with Crippen LogP contribution in [0.25, 0.3) is 0 Å². The maximum absolute atomic E-state index is 8.89. The summed E-state index contributed by atoms with van der Waals surface area (Å²) in [5.74, 6) is 1.28. The Morgan fingerprint density at radius 3 is 2.47 bits per heavy atom. The Morgan fingerprint density at radius 1 is 1.18 bits per heavy atom. The molecule has 0 saturated carbocycles. The zero-order chi connectivity index (χ0) is 12.1. The fraction of sp³-hybridized carbons (Fsp3) is 0.154. The average Bonchev–Trinajstić information content (AvgIpc) is 2.40. The molecule has 0 aliphatic heterocycles. The predicted octanol–water partition coefficient (Wildman–Crippen LogP) is 3.09. The summed E-state index contributed by atoms with van der Waals surface area (Å²) in [4.78, 5) is 5.30. The molecule has 3 nitrogen and oxygen atoms in total. The number of aromatic nitrogens is 1. The Labute approximate surface area is 104 Å². The molecule has 2 aromatic rings. The smallest absolute Gasteiger partial charge is 0.219 e. The topological polar surface area (TPSA) is 42.4 Å². The van der Waals surface area contributed by atoms with Crippen molar-refractivity contribution in [2.24, 2.45) is 0 Å². The number of pyridine rings is 1. The summed E-state index contributed by atoms with van der Waals surface area (Å²) in [5.41, 5.74) is 0.773. The molecular weight excluding hydrogens is 234 g/mol. The molecule has 0 fully saturated rings. The highest BCUT2D eigenvalue weighted by Crippen LogP contribution is 2.22. The molecule has 0 unspecified atom stereocenters. The van der Waals surface area contributed by atoms with Gasteiger partial charge in [0.05, 0.1) is 6.61 Å². The standard InChI is InChI=1S/C13H13NO2S/c1-17-12-5-3-11(4-6-12)16-13-7-2-10(9-15)8-14-13/h2-8,15H,9H2,1H3. The average molecular weight is 247 g/mol. The first-order chi connectivity index (χ1) is 8.31. The molecule has 0 spiro atoms. The first kappa shape index (κ1) is 12.0. The molecule has 0 amide bonds. The highest BCUT2D eigenvalue weighted by atomic mass is 32.2. The van der Waals surface area contributed by atoms with E-state index in [1.807, 2.05) is 30.5 Å². The van der Waals surface area contributed by atoms with Gasteiger partial charge in [-0.3, -0.25) is 0 Å². The van der Waals surface area contributed by atoms with Gasteiger partial charge in [0.1, 0.15) is 5.75 Å². The minimum absolute atomic E-state index is 0.00427. The highest BCUT2D eigenvalue weighted by Gasteiger charge is 1.99. The monoisotopic (exact) mass is 247 g/mol. The minimum Gasteiger partial charge on any atom is -0.439 e. The van der Waals surface area contributed by atoms with Crippen molar-refractivity contribution < 1.29 is 9.84 Å². The quantitative estimate of drug-likeness (QED) is 0.843. The molecule has 1 aromatic heterocycles. The molecule has 17 heavy (non-hydrogen) atoms. The maximum atomic E-state index is 8.89. The molecule has 88 valence electrons. The summed E-state index contributed by atoms with van der Waals surface area (Å²) in [6.45, 7) is -0.00427. The first-order valence-corrected chi connectivity index (χ1v) is 6.42. The number of hydrogen-bond donors (Lipinski definition) is 1. The number of benzene rings is 1. The number of aliphatic hydroxyl groups is 1. The van der Waals surface area contributed by atoms with Crippen LogP contribution in [-0.2, 0) is 6.61 Å². The normalized spacial score (nSPS) is 10.2. The second-order valence-corrected chi connectivity index (χ2v) is 4.32. The van der Waals surface area contributed by atoms with Crippen LogP contribution in [0.1, 0.15) is 5.56 Å². The largest absolute Gasteiger partial charge is 0.439 e. The van der Waals surface area contributed by atoms with Crippen LogP contribution in [0.5, 0.6) is 11.6 Å². The lowest BCUT2D eigenvalue weighted by molar-refractivity contribution is 0.281. The zero-order valence-corrected chi connectivity index (χ0v) is 10.3. The molecule has 2 rings (SSSR count).